The molecule has 1 atom stereocenters. The van der Waals surface area contributed by atoms with Crippen LogP contribution < -0.4 is 20.7 Å². The molecule has 1 aromatic carbocycles. The summed E-state index contributed by atoms with van der Waals surface area (Å²) in [6, 6.07) is 14.2. The van der Waals surface area contributed by atoms with Gasteiger partial charge in [-0.05, 0) is 67.1 Å². The number of rotatable bonds is 7. The lowest BCUT2D eigenvalue weighted by atomic mass is 9.90. The van der Waals surface area contributed by atoms with E-state index in [0.29, 0.717) is 64.6 Å². The summed E-state index contributed by atoms with van der Waals surface area (Å²) in [7, 11) is 1.65. The fourth-order valence-corrected chi connectivity index (χ4v) is 8.45. The molecule has 2 fully saturated rings. The summed E-state index contributed by atoms with van der Waals surface area (Å²) in [5, 5.41) is 24.2. The van der Waals surface area contributed by atoms with Crippen LogP contribution in [-0.2, 0) is 37.8 Å². The number of piperazine rings is 1. The van der Waals surface area contributed by atoms with Gasteiger partial charge in [-0.15, -0.1) is 0 Å². The number of hydrogen-bond acceptors (Lipinski definition) is 9. The molecule has 264 valence electrons. The van der Waals surface area contributed by atoms with Gasteiger partial charge in [0, 0.05) is 74.4 Å². The van der Waals surface area contributed by atoms with E-state index in [1.165, 1.54) is 15.8 Å². The van der Waals surface area contributed by atoms with Crippen LogP contribution in [0.25, 0.3) is 11.1 Å². The predicted molar refractivity (Wildman–Crippen MR) is 196 cm³/mol. The lowest BCUT2D eigenvalue weighted by Gasteiger charge is -2.46. The molecule has 3 aromatic heterocycles. The Balaban J connectivity index is 1.08. The molecule has 12 heteroatoms. The summed E-state index contributed by atoms with van der Waals surface area (Å²) in [6.07, 6.45) is 5.37. The maximum Gasteiger partial charge on any atom is 0.274 e. The highest BCUT2D eigenvalue weighted by molar-refractivity contribution is 6.07. The highest BCUT2D eigenvalue weighted by atomic mass is 16.5. The van der Waals surface area contributed by atoms with Crippen LogP contribution in [0, 0.1) is 16.7 Å². The Kier molecular flexibility index (Phi) is 8.25. The fraction of sp³-hybridized carbons (Fsp3) is 0.436. The van der Waals surface area contributed by atoms with Crippen LogP contribution in [0.3, 0.4) is 0 Å². The number of carbonyl (C=O) groups is 1. The third-order valence-electron chi connectivity index (χ3n) is 11.1. The molecule has 51 heavy (non-hydrogen) atoms. The second-order valence-corrected chi connectivity index (χ2v) is 15.2. The number of nitrogens with zero attached hydrogens (tertiary/aromatic N) is 7. The summed E-state index contributed by atoms with van der Waals surface area (Å²) in [4.78, 5) is 38.6. The van der Waals surface area contributed by atoms with E-state index in [2.05, 4.69) is 51.5 Å². The second kappa shape index (κ2) is 12.7. The van der Waals surface area contributed by atoms with Crippen LogP contribution in [-0.4, -0.2) is 81.5 Å². The van der Waals surface area contributed by atoms with Gasteiger partial charge in [-0.1, -0.05) is 13.8 Å². The third kappa shape index (κ3) is 5.79. The van der Waals surface area contributed by atoms with Crippen molar-refractivity contribution in [1.82, 2.24) is 19.0 Å². The maximum atomic E-state index is 14.0. The number of aliphatic hydroxyl groups is 1. The molecule has 4 aromatic rings. The van der Waals surface area contributed by atoms with Gasteiger partial charge >= 0.3 is 0 Å². The summed E-state index contributed by atoms with van der Waals surface area (Å²) in [6.45, 7) is 11.9. The van der Waals surface area contributed by atoms with Gasteiger partial charge in [-0.3, -0.25) is 14.5 Å². The van der Waals surface area contributed by atoms with E-state index in [-0.39, 0.29) is 22.6 Å². The molecule has 1 amide bonds. The molecule has 0 unspecified atom stereocenters. The second-order valence-electron chi connectivity index (χ2n) is 15.2. The number of pyridine rings is 2. The van der Waals surface area contributed by atoms with Crippen LogP contribution in [0.2, 0.25) is 0 Å². The number of aryl methyl sites for hydroxylation is 1. The zero-order valence-corrected chi connectivity index (χ0v) is 29.6. The van der Waals surface area contributed by atoms with E-state index in [9.17, 15) is 20.0 Å². The van der Waals surface area contributed by atoms with Crippen molar-refractivity contribution in [3.05, 3.63) is 87.2 Å². The van der Waals surface area contributed by atoms with E-state index in [0.717, 1.165) is 51.4 Å². The molecule has 8 rings (SSSR count). The minimum atomic E-state index is -0.397. The Hall–Kier alpha value is -4.96. The first-order valence-corrected chi connectivity index (χ1v) is 17.8. The fourth-order valence-electron chi connectivity index (χ4n) is 8.45. The highest BCUT2D eigenvalue weighted by Gasteiger charge is 2.38. The number of ether oxygens (including phenoxy) is 1. The van der Waals surface area contributed by atoms with Crippen LogP contribution in [0.15, 0.2) is 53.6 Å². The molecular weight excluding hydrogens is 644 g/mol. The van der Waals surface area contributed by atoms with Crippen LogP contribution >= 0.6 is 0 Å². The summed E-state index contributed by atoms with van der Waals surface area (Å²) in [5.41, 5.74) is 6.76. The number of amides is 1. The van der Waals surface area contributed by atoms with Gasteiger partial charge in [0.05, 0.1) is 55.1 Å². The molecule has 12 nitrogen and oxygen atoms in total. The van der Waals surface area contributed by atoms with Crippen molar-refractivity contribution >= 4 is 28.8 Å². The van der Waals surface area contributed by atoms with Crippen molar-refractivity contribution in [2.75, 3.05) is 54.5 Å². The van der Waals surface area contributed by atoms with Gasteiger partial charge in [0.15, 0.2) is 0 Å². The standard InChI is InChI=1S/C39H44N8O4/c1-24-19-44(29-22-51-23-29)9-10-45(24)28-6-8-35(41-18-28)42-31-13-27(20-43(4)37(31)49)36-25(17-40)5-7-32(30(36)21-48)47-12-11-46-33(38(47)50)14-26-15-39(2,3)16-34(26)46/h5-8,13-14,18,20,24,29,48H,9-12,15-16,19,21-23H2,1-4H3,(H,41,42)/t24-/m0/s1. The molecule has 0 spiro atoms. The van der Waals surface area contributed by atoms with E-state index in [4.69, 9.17) is 4.74 Å². The van der Waals surface area contributed by atoms with Crippen molar-refractivity contribution in [3.8, 4) is 17.2 Å². The Morgan fingerprint density at radius 2 is 1.90 bits per heavy atom. The predicted octanol–water partition coefficient (Wildman–Crippen LogP) is 4.05. The first-order chi connectivity index (χ1) is 24.5. The van der Waals surface area contributed by atoms with E-state index in [1.807, 2.05) is 24.4 Å². The van der Waals surface area contributed by atoms with Gasteiger partial charge in [0.1, 0.15) is 17.2 Å². The van der Waals surface area contributed by atoms with Crippen molar-refractivity contribution in [2.24, 2.45) is 12.5 Å². The quantitative estimate of drug-likeness (QED) is 0.295. The first kappa shape index (κ1) is 33.2. The van der Waals surface area contributed by atoms with Gasteiger partial charge < -0.3 is 34.1 Å². The molecule has 4 aliphatic rings. The van der Waals surface area contributed by atoms with Crippen LogP contribution in [0.1, 0.15) is 53.6 Å². The van der Waals surface area contributed by atoms with Gasteiger partial charge in [0.25, 0.3) is 11.5 Å². The van der Waals surface area contributed by atoms with Crippen molar-refractivity contribution in [2.45, 2.75) is 58.8 Å². The monoisotopic (exact) mass is 688 g/mol. The minimum absolute atomic E-state index is 0.125. The molecule has 2 N–H and O–H groups in total. The number of aromatic nitrogens is 3. The SMILES string of the molecule is C[C@H]1CN(C2COC2)CCN1c1ccc(Nc2cc(-c3c(C#N)ccc(N4CCn5c(cc6c5CC(C)(C)C6)C4=O)c3CO)cn(C)c2=O)nc1. The number of nitrogens with one attached hydrogen (secondary N) is 1. The number of nitriles is 1. The maximum absolute atomic E-state index is 14.0. The number of carbonyl (C=O) groups excluding carboxylic acids is 1. The number of hydrogen-bond donors (Lipinski definition) is 2. The average molecular weight is 689 g/mol. The van der Waals surface area contributed by atoms with Crippen molar-refractivity contribution in [1.29, 1.82) is 5.26 Å². The van der Waals surface area contributed by atoms with E-state index in [1.54, 1.807) is 36.3 Å². The van der Waals surface area contributed by atoms with Crippen molar-refractivity contribution in [3.63, 3.8) is 0 Å². The number of fused-ring (bicyclic) bond motifs is 3. The molecule has 1 aliphatic carbocycles. The molecular formula is C39H44N8O4. The highest BCUT2D eigenvalue weighted by Crippen LogP contribution is 2.41. The van der Waals surface area contributed by atoms with Crippen molar-refractivity contribution < 1.29 is 14.6 Å². The summed E-state index contributed by atoms with van der Waals surface area (Å²) < 4.78 is 9.00. The smallest absolute Gasteiger partial charge is 0.274 e. The normalized spacial score (nSPS) is 20.2. The zero-order valence-electron chi connectivity index (χ0n) is 29.6. The molecule has 2 saturated heterocycles. The third-order valence-corrected chi connectivity index (χ3v) is 11.1. The van der Waals surface area contributed by atoms with E-state index >= 15 is 0 Å². The van der Waals surface area contributed by atoms with Gasteiger partial charge in [-0.25, -0.2) is 4.98 Å². The number of anilines is 4. The molecule has 0 bridgehead atoms. The Morgan fingerprint density at radius 3 is 2.59 bits per heavy atom. The van der Waals surface area contributed by atoms with Crippen LogP contribution in [0.4, 0.5) is 22.9 Å². The lowest BCUT2D eigenvalue weighted by molar-refractivity contribution is -0.0691. The lowest BCUT2D eigenvalue weighted by Crippen LogP contribution is -2.59. The largest absolute Gasteiger partial charge is 0.392 e. The van der Waals surface area contributed by atoms with Gasteiger partial charge in [0.2, 0.25) is 0 Å². The summed E-state index contributed by atoms with van der Waals surface area (Å²) in [5.74, 6) is 0.389. The molecule has 3 aliphatic heterocycles. The number of benzene rings is 1. The van der Waals surface area contributed by atoms with E-state index < -0.39 is 6.61 Å². The Bertz CT molecular complexity index is 2120. The Labute approximate surface area is 297 Å². The minimum Gasteiger partial charge on any atom is -0.392 e. The van der Waals surface area contributed by atoms with Crippen LogP contribution in [0.5, 0.6) is 0 Å². The molecule has 0 saturated carbocycles. The first-order valence-electron chi connectivity index (χ1n) is 17.8. The number of aliphatic hydroxyl groups excluding tert-OH is 1. The zero-order chi connectivity index (χ0) is 35.6. The molecule has 0 radical (unpaired) electrons. The molecule has 6 heterocycles. The Morgan fingerprint density at radius 1 is 1.08 bits per heavy atom. The topological polar surface area (TPSA) is 132 Å². The van der Waals surface area contributed by atoms with Gasteiger partial charge in [-0.2, -0.15) is 5.26 Å². The summed E-state index contributed by atoms with van der Waals surface area (Å²) >= 11 is 0. The average Bonchev–Trinajstić information content (AvgIpc) is 3.58.